The molecule has 0 unspecified atom stereocenters. The smallest absolute Gasteiger partial charge is 0.872 e. The van der Waals surface area contributed by atoms with Crippen LogP contribution in [-0.2, 0) is 38.7 Å². The van der Waals surface area contributed by atoms with Crippen LogP contribution < -0.4 is 10.2 Å². The van der Waals surface area contributed by atoms with Crippen molar-refractivity contribution in [2.75, 3.05) is 12.5 Å². The molecular weight excluding hydrogens is 612 g/mol. The van der Waals surface area contributed by atoms with Crippen LogP contribution in [0.5, 0.6) is 11.5 Å². The van der Waals surface area contributed by atoms with Crippen molar-refractivity contribution in [1.82, 2.24) is 0 Å². The Morgan fingerprint density at radius 1 is 0.674 bits per heavy atom. The van der Waals surface area contributed by atoms with Crippen LogP contribution in [0, 0.1) is 10.8 Å². The third-order valence-electron chi connectivity index (χ3n) is 6.55. The van der Waals surface area contributed by atoms with Gasteiger partial charge in [0, 0.05) is 23.3 Å². The van der Waals surface area contributed by atoms with Crippen LogP contribution in [0.15, 0.2) is 46.7 Å². The van der Waals surface area contributed by atoms with Crippen LogP contribution in [0.1, 0.15) is 118 Å². The molecule has 0 saturated carbocycles. The molecule has 0 spiro atoms. The number of oxime groups is 2. The second-order valence-corrected chi connectivity index (χ2v) is 16.3. The van der Waals surface area contributed by atoms with Crippen molar-refractivity contribution in [3.63, 3.8) is 0 Å². The first-order valence-electron chi connectivity index (χ1n) is 14.1. The molecular formula is C34H54CuN2O5S. The van der Waals surface area contributed by atoms with E-state index in [-0.39, 0.29) is 50.2 Å². The van der Waals surface area contributed by atoms with Gasteiger partial charge >= 0.3 is 17.1 Å². The summed E-state index contributed by atoms with van der Waals surface area (Å²) in [6, 6.07) is 10.6. The molecule has 0 bridgehead atoms. The Hall–Kier alpha value is -2.35. The molecule has 43 heavy (non-hydrogen) atoms. The molecule has 0 saturated heterocycles. The second kappa shape index (κ2) is 17.2. The Morgan fingerprint density at radius 3 is 1.14 bits per heavy atom. The van der Waals surface area contributed by atoms with E-state index in [1.807, 2.05) is 24.3 Å². The molecule has 1 radical (unpaired) electrons. The number of benzene rings is 2. The van der Waals surface area contributed by atoms with E-state index < -0.39 is 10.8 Å². The van der Waals surface area contributed by atoms with E-state index in [0.29, 0.717) is 22.6 Å². The molecule has 247 valence electrons. The van der Waals surface area contributed by atoms with Gasteiger partial charge in [-0.2, -0.15) is 0 Å². The van der Waals surface area contributed by atoms with Gasteiger partial charge in [-0.1, -0.05) is 115 Å². The Balaban J connectivity index is 0. The van der Waals surface area contributed by atoms with E-state index in [0.717, 1.165) is 24.0 Å². The van der Waals surface area contributed by atoms with Gasteiger partial charge < -0.3 is 20.6 Å². The van der Waals surface area contributed by atoms with Crippen molar-refractivity contribution in [3.8, 4) is 11.5 Å². The summed E-state index contributed by atoms with van der Waals surface area (Å²) in [6.45, 7) is 25.2. The topological polar surface area (TPSA) is 128 Å². The van der Waals surface area contributed by atoms with Crippen molar-refractivity contribution in [2.45, 2.75) is 107 Å². The van der Waals surface area contributed by atoms with E-state index in [2.05, 4.69) is 79.5 Å². The fourth-order valence-corrected chi connectivity index (χ4v) is 5.43. The molecule has 0 aliphatic rings. The van der Waals surface area contributed by atoms with Gasteiger partial charge in [0.05, 0.1) is 11.4 Å². The number of hydrogen-bond donors (Lipinski definition) is 2. The number of rotatable bonds is 6. The molecule has 9 heteroatoms. The SMILES string of the molecule is C/C(=N\O)c1cc(C(C)(C)CC(C)(C)C)ccc1[O-].C/C(=N\O)c1cc(C(C)(C)CC(C)(C)C)ccc1[O-].CS(C)=O.[Cu+2]. The predicted octanol–water partition coefficient (Wildman–Crippen LogP) is 7.34. The van der Waals surface area contributed by atoms with Crippen LogP contribution in [0.4, 0.5) is 0 Å². The fourth-order valence-electron chi connectivity index (χ4n) is 5.43. The molecule has 0 atom stereocenters. The van der Waals surface area contributed by atoms with Crippen LogP contribution >= 0.6 is 0 Å². The van der Waals surface area contributed by atoms with E-state index in [1.165, 1.54) is 0 Å². The molecule has 0 heterocycles. The zero-order valence-corrected chi connectivity index (χ0v) is 30.4. The standard InChI is InChI=1S/2C16H25NO2.C2H6OS.Cu/c2*1-11(17-19)13-9-12(7-8-14(13)18)16(5,6)10-15(2,3)4;1-4(2)3;/h2*7-9,18-19H,10H2,1-6H3;1-2H3;/q;;;+2/p-2/b2*17-11+;;. The Bertz CT molecular complexity index is 1160. The van der Waals surface area contributed by atoms with Crippen molar-refractivity contribution in [3.05, 3.63) is 58.7 Å². The number of hydrogen-bond acceptors (Lipinski definition) is 7. The summed E-state index contributed by atoms with van der Waals surface area (Å²) >= 11 is 0. The van der Waals surface area contributed by atoms with Gasteiger partial charge in [-0.25, -0.2) is 0 Å². The van der Waals surface area contributed by atoms with Crippen LogP contribution in [0.3, 0.4) is 0 Å². The fraction of sp³-hybridized carbons (Fsp3) is 0.588. The maximum absolute atomic E-state index is 11.8. The van der Waals surface area contributed by atoms with Crippen molar-refractivity contribution < 1.29 is 41.9 Å². The molecule has 0 aliphatic carbocycles. The van der Waals surface area contributed by atoms with Gasteiger partial charge in [0.1, 0.15) is 0 Å². The van der Waals surface area contributed by atoms with Gasteiger partial charge in [0.25, 0.3) is 0 Å². The zero-order chi connectivity index (χ0) is 33.3. The average molecular weight is 666 g/mol. The van der Waals surface area contributed by atoms with Gasteiger partial charge in [-0.05, 0) is 82.7 Å². The van der Waals surface area contributed by atoms with Crippen molar-refractivity contribution >= 4 is 22.2 Å². The molecule has 0 amide bonds. The van der Waals surface area contributed by atoms with Crippen LogP contribution in [0.2, 0.25) is 0 Å². The molecule has 2 aromatic carbocycles. The molecule has 2 rings (SSSR count). The van der Waals surface area contributed by atoms with Crippen molar-refractivity contribution in [1.29, 1.82) is 0 Å². The quantitative estimate of drug-likeness (QED) is 0.144. The zero-order valence-electron chi connectivity index (χ0n) is 28.6. The molecule has 7 nitrogen and oxygen atoms in total. The third kappa shape index (κ3) is 15.8. The molecule has 2 N–H and O–H groups in total. The van der Waals surface area contributed by atoms with Gasteiger partial charge in [-0.3, -0.25) is 4.21 Å². The molecule has 0 aliphatic heterocycles. The van der Waals surface area contributed by atoms with Gasteiger partial charge in [0.15, 0.2) is 0 Å². The van der Waals surface area contributed by atoms with Crippen LogP contribution in [0.25, 0.3) is 0 Å². The summed E-state index contributed by atoms with van der Waals surface area (Å²) in [5.41, 5.74) is 4.22. The summed E-state index contributed by atoms with van der Waals surface area (Å²) in [6.07, 6.45) is 5.29. The van der Waals surface area contributed by atoms with Crippen molar-refractivity contribution in [2.24, 2.45) is 21.1 Å². The molecule has 0 aromatic heterocycles. The Kier molecular flexibility index (Phi) is 17.1. The minimum absolute atomic E-state index is 0. The van der Waals surface area contributed by atoms with E-state index >= 15 is 0 Å². The van der Waals surface area contributed by atoms with E-state index in [1.54, 1.807) is 38.5 Å². The van der Waals surface area contributed by atoms with Gasteiger partial charge in [-0.15, -0.1) is 0 Å². The first-order valence-corrected chi connectivity index (χ1v) is 16.1. The van der Waals surface area contributed by atoms with Gasteiger partial charge in [0.2, 0.25) is 0 Å². The first-order chi connectivity index (χ1) is 18.9. The Labute approximate surface area is 273 Å². The summed E-state index contributed by atoms with van der Waals surface area (Å²) in [7, 11) is -0.611. The Morgan fingerprint density at radius 2 is 0.930 bits per heavy atom. The molecule has 2 aromatic rings. The second-order valence-electron chi connectivity index (χ2n) is 14.8. The summed E-state index contributed by atoms with van der Waals surface area (Å²) in [5.74, 6) is -0.212. The summed E-state index contributed by atoms with van der Waals surface area (Å²) in [5, 5.41) is 47.5. The average Bonchev–Trinajstić information content (AvgIpc) is 2.80. The largest absolute Gasteiger partial charge is 2.00 e. The normalized spacial score (nSPS) is 12.9. The first kappa shape index (κ1) is 42.8. The van der Waals surface area contributed by atoms with E-state index in [4.69, 9.17) is 10.4 Å². The van der Waals surface area contributed by atoms with E-state index in [9.17, 15) is 14.4 Å². The molecule has 0 fully saturated rings. The summed E-state index contributed by atoms with van der Waals surface area (Å²) in [4.78, 5) is 0. The third-order valence-corrected chi connectivity index (χ3v) is 6.55. The minimum atomic E-state index is -0.611. The monoisotopic (exact) mass is 665 g/mol. The maximum atomic E-state index is 11.8. The van der Waals surface area contributed by atoms with Crippen LogP contribution in [-0.4, -0.2) is 38.6 Å². The maximum Gasteiger partial charge on any atom is 2.00 e. The number of nitrogens with zero attached hydrogens (tertiary/aromatic N) is 2. The minimum Gasteiger partial charge on any atom is -0.872 e. The summed E-state index contributed by atoms with van der Waals surface area (Å²) < 4.78 is 9.56. The predicted molar refractivity (Wildman–Crippen MR) is 174 cm³/mol.